The van der Waals surface area contributed by atoms with Gasteiger partial charge < -0.3 is 4.90 Å². The second-order valence-corrected chi connectivity index (χ2v) is 9.89. The maximum absolute atomic E-state index is 12.7. The van der Waals surface area contributed by atoms with Gasteiger partial charge in [0, 0.05) is 24.8 Å². The molecule has 2 saturated heterocycles. The van der Waals surface area contributed by atoms with Gasteiger partial charge in [-0.1, -0.05) is 12.1 Å². The minimum Gasteiger partial charge on any atom is -0.311 e. The Morgan fingerprint density at radius 2 is 1.69 bits per heavy atom. The molecule has 1 amide bonds. The van der Waals surface area contributed by atoms with Crippen LogP contribution in [0.15, 0.2) is 24.3 Å². The number of nitrogens with zero attached hydrogens (tertiary/aromatic N) is 3. The van der Waals surface area contributed by atoms with Crippen LogP contribution in [0.2, 0.25) is 0 Å². The first kappa shape index (κ1) is 17.9. The predicted molar refractivity (Wildman–Crippen MR) is 102 cm³/mol. The summed E-state index contributed by atoms with van der Waals surface area (Å²) < 4.78 is 24.7. The van der Waals surface area contributed by atoms with Gasteiger partial charge in [0.05, 0.1) is 6.26 Å². The average Bonchev–Trinajstić information content (AvgIpc) is 3.05. The predicted octanol–water partition coefficient (Wildman–Crippen LogP) is 1.77. The van der Waals surface area contributed by atoms with E-state index in [4.69, 9.17) is 0 Å². The fraction of sp³-hybridized carbons (Fsp3) is 0.632. The number of hydrogen-bond donors (Lipinski definition) is 0. The Balaban J connectivity index is 1.50. The molecule has 2 heterocycles. The number of carbonyl (C=O) groups is 1. The van der Waals surface area contributed by atoms with Crippen LogP contribution in [0.3, 0.4) is 0 Å². The summed E-state index contributed by atoms with van der Waals surface area (Å²) in [6.45, 7) is 2.93. The molecule has 0 N–H and O–H groups in total. The summed E-state index contributed by atoms with van der Waals surface area (Å²) in [5, 5.41) is 0. The fourth-order valence-electron chi connectivity index (χ4n) is 4.49. The Kier molecular flexibility index (Phi) is 4.36. The van der Waals surface area contributed by atoms with Gasteiger partial charge in [-0.2, -0.15) is 4.31 Å². The van der Waals surface area contributed by atoms with Crippen molar-refractivity contribution in [3.05, 3.63) is 29.8 Å². The molecule has 1 aromatic rings. The maximum atomic E-state index is 12.7. The molecule has 1 aromatic carbocycles. The zero-order valence-electron chi connectivity index (χ0n) is 15.5. The van der Waals surface area contributed by atoms with E-state index in [9.17, 15) is 13.2 Å². The van der Waals surface area contributed by atoms with Crippen LogP contribution in [0.4, 0.5) is 5.69 Å². The molecule has 4 rings (SSSR count). The highest BCUT2D eigenvalue weighted by Crippen LogP contribution is 2.52. The lowest BCUT2D eigenvalue weighted by Gasteiger charge is -2.28. The quantitative estimate of drug-likeness (QED) is 0.785. The number of hydrogen-bond acceptors (Lipinski definition) is 4. The van der Waals surface area contributed by atoms with Gasteiger partial charge in [0.2, 0.25) is 15.9 Å². The van der Waals surface area contributed by atoms with E-state index in [1.807, 2.05) is 12.1 Å². The second kappa shape index (κ2) is 6.32. The summed E-state index contributed by atoms with van der Waals surface area (Å²) in [6, 6.07) is 7.76. The van der Waals surface area contributed by atoms with Crippen LogP contribution >= 0.6 is 0 Å². The van der Waals surface area contributed by atoms with Crippen molar-refractivity contribution in [3.8, 4) is 0 Å². The Morgan fingerprint density at radius 1 is 1.08 bits per heavy atom. The minimum absolute atomic E-state index is 0.133. The first-order chi connectivity index (χ1) is 12.3. The molecule has 1 unspecified atom stereocenters. The molecule has 0 spiro atoms. The van der Waals surface area contributed by atoms with E-state index in [-0.39, 0.29) is 11.4 Å². The largest absolute Gasteiger partial charge is 0.311 e. The van der Waals surface area contributed by atoms with E-state index in [1.54, 1.807) is 4.90 Å². The molecular weight excluding hydrogens is 350 g/mol. The highest BCUT2D eigenvalue weighted by molar-refractivity contribution is 7.88. The van der Waals surface area contributed by atoms with Crippen molar-refractivity contribution in [2.45, 2.75) is 43.7 Å². The third-order valence-corrected chi connectivity index (χ3v) is 7.59. The van der Waals surface area contributed by atoms with Crippen LogP contribution < -0.4 is 4.90 Å². The molecule has 1 saturated carbocycles. The van der Waals surface area contributed by atoms with Crippen molar-refractivity contribution in [1.29, 1.82) is 0 Å². The topological polar surface area (TPSA) is 60.9 Å². The number of benzene rings is 1. The molecule has 1 atom stereocenters. The highest BCUT2D eigenvalue weighted by Gasteiger charge is 2.49. The van der Waals surface area contributed by atoms with E-state index in [1.165, 1.54) is 55.7 Å². The van der Waals surface area contributed by atoms with Crippen LogP contribution in [0.5, 0.6) is 0 Å². The number of likely N-dealkylation sites (tertiary alicyclic amines) is 1. The van der Waals surface area contributed by atoms with Crippen molar-refractivity contribution >= 4 is 21.6 Å². The molecular formula is C19H27N3O3S. The van der Waals surface area contributed by atoms with E-state index < -0.39 is 16.1 Å². The number of carbonyl (C=O) groups excluding carboxylic acids is 1. The highest BCUT2D eigenvalue weighted by atomic mass is 32.2. The lowest BCUT2D eigenvalue weighted by atomic mass is 10.0. The minimum atomic E-state index is -3.37. The van der Waals surface area contributed by atoms with Crippen LogP contribution in [0.1, 0.15) is 37.7 Å². The van der Waals surface area contributed by atoms with Crippen molar-refractivity contribution in [2.24, 2.45) is 0 Å². The molecule has 0 radical (unpaired) electrons. The van der Waals surface area contributed by atoms with Crippen molar-refractivity contribution in [3.63, 3.8) is 0 Å². The van der Waals surface area contributed by atoms with Gasteiger partial charge in [0.1, 0.15) is 6.04 Å². The zero-order valence-corrected chi connectivity index (χ0v) is 16.3. The third-order valence-electron chi connectivity index (χ3n) is 6.29. The summed E-state index contributed by atoms with van der Waals surface area (Å²) in [6.07, 6.45) is 6.69. The van der Waals surface area contributed by atoms with Gasteiger partial charge in [-0.05, 0) is 62.9 Å². The molecule has 142 valence electrons. The van der Waals surface area contributed by atoms with E-state index >= 15 is 0 Å². The third kappa shape index (κ3) is 2.96. The summed E-state index contributed by atoms with van der Waals surface area (Å²) in [7, 11) is -1.89. The molecule has 1 aliphatic carbocycles. The van der Waals surface area contributed by atoms with E-state index in [0.717, 1.165) is 11.9 Å². The van der Waals surface area contributed by atoms with Gasteiger partial charge >= 0.3 is 0 Å². The average molecular weight is 378 g/mol. The van der Waals surface area contributed by atoms with E-state index in [0.29, 0.717) is 13.0 Å². The maximum Gasteiger partial charge on any atom is 0.245 e. The van der Waals surface area contributed by atoms with Crippen molar-refractivity contribution in [2.75, 3.05) is 37.8 Å². The lowest BCUT2D eigenvalue weighted by molar-refractivity contribution is -0.120. The van der Waals surface area contributed by atoms with Crippen LogP contribution in [0, 0.1) is 0 Å². The fourth-order valence-corrected chi connectivity index (χ4v) is 5.15. The number of rotatable bonds is 5. The molecule has 0 aromatic heterocycles. The molecule has 26 heavy (non-hydrogen) atoms. The zero-order chi connectivity index (χ0) is 18.5. The van der Waals surface area contributed by atoms with Gasteiger partial charge in [-0.3, -0.25) is 9.69 Å². The van der Waals surface area contributed by atoms with Gasteiger partial charge in [-0.25, -0.2) is 8.42 Å². The van der Waals surface area contributed by atoms with Gasteiger partial charge in [-0.15, -0.1) is 0 Å². The van der Waals surface area contributed by atoms with Crippen molar-refractivity contribution in [1.82, 2.24) is 9.21 Å². The van der Waals surface area contributed by atoms with Crippen LogP contribution in [-0.4, -0.2) is 62.5 Å². The van der Waals surface area contributed by atoms with Crippen LogP contribution in [0.25, 0.3) is 0 Å². The number of anilines is 1. The summed E-state index contributed by atoms with van der Waals surface area (Å²) in [4.78, 5) is 17.0. The number of amides is 1. The van der Waals surface area contributed by atoms with Gasteiger partial charge in [0.25, 0.3) is 0 Å². The van der Waals surface area contributed by atoms with Crippen molar-refractivity contribution < 1.29 is 13.2 Å². The second-order valence-electron chi connectivity index (χ2n) is 7.85. The standard InChI is InChI=1S/C19H27N3O3S/c1-20(26(2,24)25)17-9-14-22(18(17)23)16-7-5-15(6-8-16)19(10-11-19)21-12-3-4-13-21/h5-8,17H,3-4,9-14H2,1-2H3. The molecule has 3 fully saturated rings. The molecule has 0 bridgehead atoms. The number of likely N-dealkylation sites (N-methyl/N-ethyl adjacent to an activating group) is 1. The molecule has 7 heteroatoms. The van der Waals surface area contributed by atoms with Crippen LogP contribution in [-0.2, 0) is 20.4 Å². The molecule has 6 nitrogen and oxygen atoms in total. The molecule has 2 aliphatic heterocycles. The summed E-state index contributed by atoms with van der Waals surface area (Å²) in [5.41, 5.74) is 2.43. The normalized spacial score (nSPS) is 26.0. The SMILES string of the molecule is CN(C1CCN(c2ccc(C3(N4CCCC4)CC3)cc2)C1=O)S(C)(=O)=O. The Bertz CT molecular complexity index is 796. The monoisotopic (exact) mass is 377 g/mol. The smallest absolute Gasteiger partial charge is 0.245 e. The lowest BCUT2D eigenvalue weighted by Crippen LogP contribution is -2.42. The van der Waals surface area contributed by atoms with Gasteiger partial charge in [0.15, 0.2) is 0 Å². The Labute approximate surface area is 155 Å². The summed E-state index contributed by atoms with van der Waals surface area (Å²) in [5.74, 6) is -0.133. The first-order valence-corrected chi connectivity index (χ1v) is 11.3. The Hall–Kier alpha value is -1.44. The van der Waals surface area contributed by atoms with E-state index in [2.05, 4.69) is 17.0 Å². The number of sulfonamides is 1. The molecule has 3 aliphatic rings. The Morgan fingerprint density at radius 3 is 2.23 bits per heavy atom. The summed E-state index contributed by atoms with van der Waals surface area (Å²) >= 11 is 0. The first-order valence-electron chi connectivity index (χ1n) is 9.43.